The van der Waals surface area contributed by atoms with Crippen LogP contribution in [0.15, 0.2) is 91.1 Å². The lowest BCUT2D eigenvalue weighted by atomic mass is 9.93. The molecule has 0 aliphatic carbocycles. The second-order valence-electron chi connectivity index (χ2n) is 10.6. The van der Waals surface area contributed by atoms with Crippen molar-refractivity contribution in [2.75, 3.05) is 0 Å². The van der Waals surface area contributed by atoms with Gasteiger partial charge < -0.3 is 4.57 Å². The first kappa shape index (κ1) is 27.8. The van der Waals surface area contributed by atoms with Crippen molar-refractivity contribution in [3.63, 3.8) is 0 Å². The van der Waals surface area contributed by atoms with E-state index < -0.39 is 0 Å². The number of H-pyrrole nitrogens is 1. The Labute approximate surface area is 250 Å². The first-order valence-corrected chi connectivity index (χ1v) is 14.5. The number of rotatable bonds is 11. The minimum atomic E-state index is -0.0208. The van der Waals surface area contributed by atoms with Gasteiger partial charge in [-0.15, -0.1) is 10.2 Å². The third kappa shape index (κ3) is 6.30. The number of aromatic amines is 1. The highest BCUT2D eigenvalue weighted by molar-refractivity contribution is 5.95. The summed E-state index contributed by atoms with van der Waals surface area (Å²) in [6.07, 6.45) is 4.75. The van der Waals surface area contributed by atoms with E-state index in [1.807, 2.05) is 43.3 Å². The van der Waals surface area contributed by atoms with Gasteiger partial charge in [0, 0.05) is 18.5 Å². The van der Waals surface area contributed by atoms with Gasteiger partial charge in [-0.25, -0.2) is 4.98 Å². The summed E-state index contributed by atoms with van der Waals surface area (Å²) in [5.41, 5.74) is 8.31. The number of benzene rings is 3. The Bertz CT molecular complexity index is 1810. The van der Waals surface area contributed by atoms with Gasteiger partial charge in [-0.1, -0.05) is 74.0 Å². The predicted molar refractivity (Wildman–Crippen MR) is 165 cm³/mol. The van der Waals surface area contributed by atoms with Crippen LogP contribution in [0.4, 0.5) is 0 Å². The highest BCUT2D eigenvalue weighted by Gasteiger charge is 2.19. The normalized spacial score (nSPS) is 11.1. The van der Waals surface area contributed by atoms with Gasteiger partial charge in [0.2, 0.25) is 5.82 Å². The summed E-state index contributed by atoms with van der Waals surface area (Å²) >= 11 is 0. The molecule has 0 atom stereocenters. The Morgan fingerprint density at radius 2 is 1.65 bits per heavy atom. The Kier molecular flexibility index (Phi) is 8.21. The van der Waals surface area contributed by atoms with E-state index in [2.05, 4.69) is 95.8 Å². The van der Waals surface area contributed by atoms with E-state index in [0.717, 1.165) is 64.2 Å². The molecule has 0 saturated heterocycles. The van der Waals surface area contributed by atoms with Crippen LogP contribution in [0.2, 0.25) is 0 Å². The number of aromatic nitrogens is 8. The van der Waals surface area contributed by atoms with E-state index in [4.69, 9.17) is 0 Å². The molecule has 0 bridgehead atoms. The maximum atomic E-state index is 13.4. The van der Waals surface area contributed by atoms with Crippen LogP contribution in [0.3, 0.4) is 0 Å². The van der Waals surface area contributed by atoms with Gasteiger partial charge in [0.25, 0.3) is 0 Å². The molecule has 214 valence electrons. The number of nitrogens with one attached hydrogen (secondary N) is 1. The number of carbonyl (C=O) groups is 1. The fourth-order valence-corrected chi connectivity index (χ4v) is 5.16. The SMILES string of the molecule is CCCCc1ncc(C(=O)Cc2ccc(C)nn2)n1Cc1ccc(-c2cc(-c3ccccc3)ccc2-c2nn[nH]n2)cc1. The summed E-state index contributed by atoms with van der Waals surface area (Å²) in [5, 5.41) is 23.1. The van der Waals surface area contributed by atoms with E-state index in [1.54, 1.807) is 6.20 Å². The molecule has 1 N–H and O–H groups in total. The van der Waals surface area contributed by atoms with Crippen LogP contribution in [0, 0.1) is 6.92 Å². The summed E-state index contributed by atoms with van der Waals surface area (Å²) < 4.78 is 2.05. The average Bonchev–Trinajstić information content (AvgIpc) is 3.72. The van der Waals surface area contributed by atoms with Gasteiger partial charge in [0.05, 0.1) is 24.0 Å². The zero-order chi connectivity index (χ0) is 29.6. The predicted octanol–water partition coefficient (Wildman–Crippen LogP) is 6.31. The van der Waals surface area contributed by atoms with Crippen molar-refractivity contribution >= 4 is 5.78 Å². The number of tetrazole rings is 1. The maximum absolute atomic E-state index is 13.4. The molecule has 43 heavy (non-hydrogen) atoms. The lowest BCUT2D eigenvalue weighted by Crippen LogP contribution is -2.15. The van der Waals surface area contributed by atoms with Crippen molar-refractivity contribution in [1.29, 1.82) is 0 Å². The molecule has 0 unspecified atom stereocenters. The Morgan fingerprint density at radius 3 is 2.37 bits per heavy atom. The molecular formula is C34H32N8O. The first-order chi connectivity index (χ1) is 21.1. The smallest absolute Gasteiger partial charge is 0.205 e. The molecule has 0 aliphatic rings. The van der Waals surface area contributed by atoms with Crippen molar-refractivity contribution in [2.24, 2.45) is 0 Å². The number of nitrogens with zero attached hydrogens (tertiary/aromatic N) is 7. The number of aryl methyl sites for hydroxylation is 2. The second-order valence-corrected chi connectivity index (χ2v) is 10.6. The molecule has 0 amide bonds. The van der Waals surface area contributed by atoms with Crippen molar-refractivity contribution in [2.45, 2.75) is 46.1 Å². The summed E-state index contributed by atoms with van der Waals surface area (Å²) in [6.45, 7) is 4.58. The molecular weight excluding hydrogens is 536 g/mol. The quantitative estimate of drug-likeness (QED) is 0.182. The zero-order valence-electron chi connectivity index (χ0n) is 24.2. The Hall–Kier alpha value is -5.31. The number of imidazole rings is 1. The summed E-state index contributed by atoms with van der Waals surface area (Å²) in [7, 11) is 0. The van der Waals surface area contributed by atoms with Crippen LogP contribution >= 0.6 is 0 Å². The van der Waals surface area contributed by atoms with Gasteiger partial charge in [-0.05, 0) is 70.6 Å². The van der Waals surface area contributed by atoms with E-state index in [0.29, 0.717) is 23.8 Å². The molecule has 3 aromatic carbocycles. The van der Waals surface area contributed by atoms with E-state index >= 15 is 0 Å². The maximum Gasteiger partial charge on any atom is 0.205 e. The van der Waals surface area contributed by atoms with Crippen LogP contribution in [-0.2, 0) is 19.4 Å². The van der Waals surface area contributed by atoms with Crippen molar-refractivity contribution in [3.05, 3.63) is 120 Å². The third-order valence-corrected chi connectivity index (χ3v) is 7.49. The number of ketones is 1. The summed E-state index contributed by atoms with van der Waals surface area (Å²) in [6, 6.07) is 28.7. The van der Waals surface area contributed by atoms with Gasteiger partial charge in [-0.3, -0.25) is 4.79 Å². The second kappa shape index (κ2) is 12.7. The van der Waals surface area contributed by atoms with E-state index in [9.17, 15) is 4.79 Å². The zero-order valence-corrected chi connectivity index (χ0v) is 24.2. The average molecular weight is 569 g/mol. The number of unbranched alkanes of at least 4 members (excludes halogenated alkanes) is 1. The standard InChI is InChI=1S/C34H32N8O/c1-3-4-10-33-35-21-31(32(43)20-28-17-11-23(2)36-37-28)42(33)22-24-12-14-26(15-13-24)30-19-27(25-8-6-5-7-9-25)16-18-29(30)34-38-40-41-39-34/h5-9,11-19,21H,3-4,10,20,22H2,1-2H3,(H,38,39,40,41). The monoisotopic (exact) mass is 568 g/mol. The molecule has 9 heteroatoms. The van der Waals surface area contributed by atoms with Gasteiger partial charge in [-0.2, -0.15) is 15.4 Å². The van der Waals surface area contributed by atoms with E-state index in [-0.39, 0.29) is 12.2 Å². The molecule has 0 fully saturated rings. The number of Topliss-reactive ketones (excluding diaryl/α,β-unsaturated/α-hetero) is 1. The summed E-state index contributed by atoms with van der Waals surface area (Å²) in [5.74, 6) is 1.44. The van der Waals surface area contributed by atoms with Crippen LogP contribution < -0.4 is 0 Å². The molecule has 3 heterocycles. The lowest BCUT2D eigenvalue weighted by Gasteiger charge is -2.14. The number of hydrogen-bond acceptors (Lipinski definition) is 7. The van der Waals surface area contributed by atoms with Crippen molar-refractivity contribution in [3.8, 4) is 33.6 Å². The molecule has 6 aromatic rings. The fourth-order valence-electron chi connectivity index (χ4n) is 5.16. The topological polar surface area (TPSA) is 115 Å². The third-order valence-electron chi connectivity index (χ3n) is 7.49. The van der Waals surface area contributed by atoms with Gasteiger partial charge in [0.1, 0.15) is 11.5 Å². The van der Waals surface area contributed by atoms with Gasteiger partial charge in [0.15, 0.2) is 5.78 Å². The molecule has 6 rings (SSSR count). The molecule has 0 radical (unpaired) electrons. The fraction of sp³-hybridized carbons (Fsp3) is 0.206. The highest BCUT2D eigenvalue weighted by Crippen LogP contribution is 2.34. The number of carbonyl (C=O) groups excluding carboxylic acids is 1. The van der Waals surface area contributed by atoms with Crippen LogP contribution in [-0.4, -0.2) is 46.2 Å². The largest absolute Gasteiger partial charge is 0.321 e. The van der Waals surface area contributed by atoms with Crippen LogP contribution in [0.1, 0.15) is 53.0 Å². The molecule has 0 aliphatic heterocycles. The van der Waals surface area contributed by atoms with Gasteiger partial charge >= 0.3 is 0 Å². The molecule has 0 saturated carbocycles. The lowest BCUT2D eigenvalue weighted by molar-refractivity contribution is 0.0983. The summed E-state index contributed by atoms with van der Waals surface area (Å²) in [4.78, 5) is 18.0. The van der Waals surface area contributed by atoms with Crippen molar-refractivity contribution in [1.82, 2.24) is 40.4 Å². The Morgan fingerprint density at radius 1 is 0.837 bits per heavy atom. The van der Waals surface area contributed by atoms with E-state index in [1.165, 1.54) is 0 Å². The van der Waals surface area contributed by atoms with Crippen LogP contribution in [0.5, 0.6) is 0 Å². The minimum Gasteiger partial charge on any atom is -0.321 e. The van der Waals surface area contributed by atoms with Crippen LogP contribution in [0.25, 0.3) is 33.6 Å². The highest BCUT2D eigenvalue weighted by atomic mass is 16.1. The molecule has 0 spiro atoms. The van der Waals surface area contributed by atoms with Crippen molar-refractivity contribution < 1.29 is 4.79 Å². The molecule has 3 aromatic heterocycles. The first-order valence-electron chi connectivity index (χ1n) is 14.5. The minimum absolute atomic E-state index is 0.0208. The number of hydrogen-bond donors (Lipinski definition) is 1. The molecule has 9 nitrogen and oxygen atoms in total. The Balaban J connectivity index is 1.31.